The molecule has 0 saturated heterocycles. The van der Waals surface area contributed by atoms with E-state index < -0.39 is 19.8 Å². The van der Waals surface area contributed by atoms with Crippen molar-refractivity contribution in [3.8, 4) is 0 Å². The van der Waals surface area contributed by atoms with Gasteiger partial charge in [-0.2, -0.15) is 0 Å². The summed E-state index contributed by atoms with van der Waals surface area (Å²) in [5.41, 5.74) is 0. The van der Waals surface area contributed by atoms with Crippen LogP contribution in [0, 0.1) is 0 Å². The van der Waals surface area contributed by atoms with Gasteiger partial charge in [-0.25, -0.2) is 0 Å². The third-order valence-electron chi connectivity index (χ3n) is 2.65. The molecule has 0 bridgehead atoms. The fraction of sp³-hybridized carbons (Fsp3) is 1.00. The van der Waals surface area contributed by atoms with Gasteiger partial charge in [0.1, 0.15) is 0 Å². The van der Waals surface area contributed by atoms with Crippen molar-refractivity contribution >= 4 is 35.8 Å². The second-order valence-corrected chi connectivity index (χ2v) is 12.6. The van der Waals surface area contributed by atoms with E-state index in [0.717, 1.165) is 0 Å². The molecule has 92 valence electrons. The van der Waals surface area contributed by atoms with Crippen molar-refractivity contribution in [3.63, 3.8) is 0 Å². The maximum atomic E-state index is 2.62. The van der Waals surface area contributed by atoms with Crippen LogP contribution >= 0.6 is 0 Å². The molecule has 0 heterocycles. The summed E-state index contributed by atoms with van der Waals surface area (Å²) in [7, 11) is 0. The monoisotopic (exact) mass is 386 g/mol. The molecule has 0 N–H and O–H groups in total. The Labute approximate surface area is 114 Å². The standard InChI is InChI=1S/3C4H9.CH3Se.Sn/c3*1-3-4-2;1-2;/h3*1,3-4H2,2H3;1H3;. The Morgan fingerprint density at radius 2 is 0.933 bits per heavy atom. The zero-order valence-electron chi connectivity index (χ0n) is 11.3. The predicted octanol–water partition coefficient (Wildman–Crippen LogP) is 5.08. The molecule has 0 aromatic carbocycles. The molecule has 0 aliphatic rings. The number of unbranched alkanes of at least 4 members (excludes halogenated alkanes) is 3. The van der Waals surface area contributed by atoms with Crippen molar-refractivity contribution in [1.29, 1.82) is 0 Å². The van der Waals surface area contributed by atoms with E-state index in [1.807, 2.05) is 5.82 Å². The van der Waals surface area contributed by atoms with Gasteiger partial charge in [0.2, 0.25) is 0 Å². The molecule has 0 aromatic rings. The first-order chi connectivity index (χ1) is 7.35. The van der Waals surface area contributed by atoms with Crippen LogP contribution in [-0.4, -0.2) is 35.8 Å². The third-order valence-corrected chi connectivity index (χ3v) is 11.7. The summed E-state index contributed by atoms with van der Waals surface area (Å²) >= 11 is 1.79. The van der Waals surface area contributed by atoms with Crippen molar-refractivity contribution in [2.45, 2.75) is 78.4 Å². The molecule has 0 saturated carbocycles. The zero-order valence-corrected chi connectivity index (χ0v) is 15.8. The Hall–Kier alpha value is 1.32. The average Bonchev–Trinajstić information content (AvgIpc) is 2.31. The molecule has 0 nitrogen and oxygen atoms in total. The second-order valence-electron chi connectivity index (χ2n) is 4.06. The number of hydrogen-bond donors (Lipinski definition) is 0. The fourth-order valence-electron chi connectivity index (χ4n) is 1.66. The molecule has 0 aliphatic heterocycles. The first-order valence-electron chi connectivity index (χ1n) is 6.59. The van der Waals surface area contributed by atoms with Gasteiger partial charge in [0, 0.05) is 0 Å². The van der Waals surface area contributed by atoms with E-state index in [-0.39, 0.29) is 0 Å². The third kappa shape index (κ3) is 15.3. The van der Waals surface area contributed by atoms with Crippen LogP contribution in [0.2, 0.25) is 19.1 Å². The molecule has 0 rings (SSSR count). The topological polar surface area (TPSA) is 0 Å². The molecule has 15 heavy (non-hydrogen) atoms. The molecule has 0 aromatic heterocycles. The van der Waals surface area contributed by atoms with Crippen LogP contribution in [0.15, 0.2) is 0 Å². The number of rotatable bonds is 9. The molecule has 0 spiro atoms. The molecule has 0 aliphatic carbocycles. The van der Waals surface area contributed by atoms with Gasteiger partial charge in [0.05, 0.1) is 0 Å². The summed E-state index contributed by atoms with van der Waals surface area (Å²) in [5.74, 6) is 1.88. The van der Waals surface area contributed by atoms with Gasteiger partial charge in [-0.1, -0.05) is 0 Å². The SMILES string of the molecule is CCC[CH2][Sn]([CH2]CCC)[CH2]CCC.C[Se]. The van der Waals surface area contributed by atoms with E-state index in [0.29, 0.717) is 0 Å². The first-order valence-corrected chi connectivity index (χ1v) is 14.4. The minimum atomic E-state index is -0.839. The molecule has 0 atom stereocenters. The Morgan fingerprint density at radius 3 is 1.13 bits per heavy atom. The molecule has 2 radical (unpaired) electrons. The van der Waals surface area contributed by atoms with Crippen molar-refractivity contribution in [2.24, 2.45) is 0 Å². The van der Waals surface area contributed by atoms with Crippen LogP contribution in [0.1, 0.15) is 59.3 Å². The molecular formula is C13H30SeSn. The summed E-state index contributed by atoms with van der Waals surface area (Å²) in [6.45, 7) is 7.00. The quantitative estimate of drug-likeness (QED) is 0.487. The van der Waals surface area contributed by atoms with Gasteiger partial charge < -0.3 is 0 Å². The molecule has 0 unspecified atom stereocenters. The van der Waals surface area contributed by atoms with Crippen LogP contribution in [0.3, 0.4) is 0 Å². The van der Waals surface area contributed by atoms with E-state index in [9.17, 15) is 0 Å². The summed E-state index contributed by atoms with van der Waals surface area (Å²) in [6.07, 6.45) is 8.85. The van der Waals surface area contributed by atoms with Crippen LogP contribution in [0.5, 0.6) is 0 Å². The van der Waals surface area contributed by atoms with Crippen LogP contribution in [0.25, 0.3) is 0 Å². The van der Waals surface area contributed by atoms with E-state index >= 15 is 0 Å². The summed E-state index contributed by atoms with van der Waals surface area (Å²) < 4.78 is 5.04. The van der Waals surface area contributed by atoms with E-state index in [1.54, 1.807) is 13.3 Å². The predicted molar refractivity (Wildman–Crippen MR) is 76.5 cm³/mol. The molecular weight excluding hydrogens is 354 g/mol. The summed E-state index contributed by atoms with van der Waals surface area (Å²) in [5, 5.41) is 0. The molecule has 2 heteroatoms. The molecule has 0 fully saturated rings. The van der Waals surface area contributed by atoms with Gasteiger partial charge >= 0.3 is 114 Å². The van der Waals surface area contributed by atoms with Gasteiger partial charge in [-0.05, 0) is 0 Å². The van der Waals surface area contributed by atoms with E-state index in [2.05, 4.69) is 36.8 Å². The van der Waals surface area contributed by atoms with Gasteiger partial charge in [-0.15, -0.1) is 0 Å². The van der Waals surface area contributed by atoms with Crippen molar-refractivity contribution in [2.75, 3.05) is 0 Å². The summed E-state index contributed by atoms with van der Waals surface area (Å²) in [4.78, 5) is 0. The van der Waals surface area contributed by atoms with E-state index in [1.165, 1.54) is 38.5 Å². The number of hydrogen-bond acceptors (Lipinski definition) is 0. The summed E-state index contributed by atoms with van der Waals surface area (Å²) in [6, 6.07) is 0. The maximum absolute atomic E-state index is 2.62. The first kappa shape index (κ1) is 18.7. The minimum absolute atomic E-state index is 0.839. The van der Waals surface area contributed by atoms with Crippen molar-refractivity contribution in [1.82, 2.24) is 0 Å². The van der Waals surface area contributed by atoms with E-state index in [4.69, 9.17) is 0 Å². The van der Waals surface area contributed by atoms with Crippen LogP contribution in [-0.2, 0) is 0 Å². The Balaban J connectivity index is 0. The van der Waals surface area contributed by atoms with Crippen molar-refractivity contribution < 1.29 is 0 Å². The average molecular weight is 384 g/mol. The Morgan fingerprint density at radius 1 is 0.667 bits per heavy atom. The molecule has 0 amide bonds. The zero-order chi connectivity index (χ0) is 11.9. The van der Waals surface area contributed by atoms with Crippen LogP contribution < -0.4 is 0 Å². The van der Waals surface area contributed by atoms with Crippen molar-refractivity contribution in [3.05, 3.63) is 0 Å². The Kier molecular flexibility index (Phi) is 22.0. The van der Waals surface area contributed by atoms with Gasteiger partial charge in [0.25, 0.3) is 0 Å². The Bertz CT molecular complexity index is 77.5. The van der Waals surface area contributed by atoms with Crippen LogP contribution in [0.4, 0.5) is 0 Å². The second kappa shape index (κ2) is 17.7. The fourth-order valence-corrected chi connectivity index (χ4v) is 11.1. The van der Waals surface area contributed by atoms with Gasteiger partial charge in [0.15, 0.2) is 0 Å². The van der Waals surface area contributed by atoms with Gasteiger partial charge in [-0.3, -0.25) is 0 Å². The normalized spacial score (nSPS) is 10.0.